The molecular formula is C17H23F2N3O. The minimum absolute atomic E-state index is 0.178. The normalized spacial score (nSPS) is 23.3. The third kappa shape index (κ3) is 3.63. The second-order valence-corrected chi connectivity index (χ2v) is 6.47. The number of hydrogen-bond acceptors (Lipinski definition) is 2. The predicted octanol–water partition coefficient (Wildman–Crippen LogP) is 2.91. The monoisotopic (exact) mass is 323 g/mol. The molecular weight excluding hydrogens is 300 g/mol. The molecule has 0 radical (unpaired) electrons. The first-order valence-electron chi connectivity index (χ1n) is 8.29. The molecule has 2 aliphatic heterocycles. The van der Waals surface area contributed by atoms with Crippen molar-refractivity contribution in [1.82, 2.24) is 15.1 Å². The number of carbonyl (C=O) groups is 1. The zero-order valence-electron chi connectivity index (χ0n) is 13.4. The molecule has 2 atom stereocenters. The van der Waals surface area contributed by atoms with Gasteiger partial charge in [0.1, 0.15) is 11.6 Å². The van der Waals surface area contributed by atoms with Crippen molar-refractivity contribution in [1.29, 1.82) is 0 Å². The Morgan fingerprint density at radius 2 is 2.00 bits per heavy atom. The number of benzene rings is 1. The van der Waals surface area contributed by atoms with Crippen LogP contribution in [0.1, 0.15) is 37.8 Å². The van der Waals surface area contributed by atoms with Crippen LogP contribution in [0.3, 0.4) is 0 Å². The standard InChI is InChI=1S/C17H23F2N3O/c1-12(15-5-4-13(18)10-16(15)19)20-17(23)22-9-6-14(11-22)21-7-2-3-8-21/h4-5,10,12,14H,2-3,6-9,11H2,1H3,(H,20,23)/t12-,14-/m1/s1. The van der Waals surface area contributed by atoms with Crippen LogP contribution in [0.5, 0.6) is 0 Å². The van der Waals surface area contributed by atoms with E-state index in [9.17, 15) is 13.6 Å². The van der Waals surface area contributed by atoms with Gasteiger partial charge in [-0.25, -0.2) is 13.6 Å². The van der Waals surface area contributed by atoms with E-state index in [-0.39, 0.29) is 6.03 Å². The Morgan fingerprint density at radius 1 is 1.26 bits per heavy atom. The summed E-state index contributed by atoms with van der Waals surface area (Å²) >= 11 is 0. The molecule has 2 aliphatic rings. The van der Waals surface area contributed by atoms with E-state index in [1.54, 1.807) is 11.8 Å². The maximum atomic E-state index is 13.8. The number of nitrogens with zero attached hydrogens (tertiary/aromatic N) is 2. The van der Waals surface area contributed by atoms with E-state index in [4.69, 9.17) is 0 Å². The molecule has 6 heteroatoms. The minimum Gasteiger partial charge on any atom is -0.331 e. The molecule has 2 fully saturated rings. The maximum Gasteiger partial charge on any atom is 0.317 e. The molecule has 0 aliphatic carbocycles. The third-order valence-electron chi connectivity index (χ3n) is 4.88. The van der Waals surface area contributed by atoms with Crippen LogP contribution in [0.15, 0.2) is 18.2 Å². The van der Waals surface area contributed by atoms with Gasteiger partial charge >= 0.3 is 6.03 Å². The Hall–Kier alpha value is -1.69. The second kappa shape index (κ2) is 6.83. The van der Waals surface area contributed by atoms with Gasteiger partial charge in [0.05, 0.1) is 6.04 Å². The van der Waals surface area contributed by atoms with Crippen LogP contribution in [0.25, 0.3) is 0 Å². The van der Waals surface area contributed by atoms with Crippen molar-refractivity contribution in [2.24, 2.45) is 0 Å². The van der Waals surface area contributed by atoms with Crippen molar-refractivity contribution < 1.29 is 13.6 Å². The van der Waals surface area contributed by atoms with Crippen LogP contribution >= 0.6 is 0 Å². The molecule has 0 unspecified atom stereocenters. The summed E-state index contributed by atoms with van der Waals surface area (Å²) < 4.78 is 26.8. The summed E-state index contributed by atoms with van der Waals surface area (Å²) in [5, 5.41) is 2.82. The number of amides is 2. The zero-order chi connectivity index (χ0) is 16.4. The molecule has 126 valence electrons. The highest BCUT2D eigenvalue weighted by molar-refractivity contribution is 5.75. The van der Waals surface area contributed by atoms with Crippen LogP contribution in [-0.4, -0.2) is 48.1 Å². The van der Waals surface area contributed by atoms with Crippen LogP contribution in [0.4, 0.5) is 13.6 Å². The number of rotatable bonds is 3. The van der Waals surface area contributed by atoms with Crippen LogP contribution in [0.2, 0.25) is 0 Å². The lowest BCUT2D eigenvalue weighted by Crippen LogP contribution is -2.42. The van der Waals surface area contributed by atoms with Crippen LogP contribution in [-0.2, 0) is 0 Å². The highest BCUT2D eigenvalue weighted by Gasteiger charge is 2.32. The van der Waals surface area contributed by atoms with Crippen LogP contribution in [0, 0.1) is 11.6 Å². The van der Waals surface area contributed by atoms with E-state index in [1.165, 1.54) is 25.0 Å². The summed E-state index contributed by atoms with van der Waals surface area (Å²) in [7, 11) is 0. The molecule has 1 aromatic rings. The highest BCUT2D eigenvalue weighted by Crippen LogP contribution is 2.22. The lowest BCUT2D eigenvalue weighted by atomic mass is 10.1. The van der Waals surface area contributed by atoms with Gasteiger partial charge < -0.3 is 10.2 Å². The molecule has 0 saturated carbocycles. The van der Waals surface area contributed by atoms with Gasteiger partial charge in [-0.3, -0.25) is 4.90 Å². The number of halogens is 2. The van der Waals surface area contributed by atoms with Crippen molar-refractivity contribution in [3.05, 3.63) is 35.4 Å². The van der Waals surface area contributed by atoms with Crippen molar-refractivity contribution in [2.45, 2.75) is 38.3 Å². The Morgan fingerprint density at radius 3 is 2.70 bits per heavy atom. The van der Waals surface area contributed by atoms with Gasteiger partial charge in [0.25, 0.3) is 0 Å². The largest absolute Gasteiger partial charge is 0.331 e. The van der Waals surface area contributed by atoms with Crippen molar-refractivity contribution in [3.8, 4) is 0 Å². The fourth-order valence-electron chi connectivity index (χ4n) is 3.54. The number of urea groups is 1. The fourth-order valence-corrected chi connectivity index (χ4v) is 3.54. The first-order valence-corrected chi connectivity index (χ1v) is 8.29. The SMILES string of the molecule is C[C@@H](NC(=O)N1CC[C@@H](N2CCCC2)C1)c1ccc(F)cc1F. The quantitative estimate of drug-likeness (QED) is 0.928. The molecule has 23 heavy (non-hydrogen) atoms. The summed E-state index contributed by atoms with van der Waals surface area (Å²) in [6, 6.07) is 3.21. The van der Waals surface area contributed by atoms with E-state index >= 15 is 0 Å². The molecule has 2 amide bonds. The summed E-state index contributed by atoms with van der Waals surface area (Å²) in [6.07, 6.45) is 3.47. The molecule has 0 bridgehead atoms. The Bertz CT molecular complexity index is 575. The molecule has 0 aromatic heterocycles. The molecule has 1 N–H and O–H groups in total. The first-order chi connectivity index (χ1) is 11.0. The number of nitrogens with one attached hydrogen (secondary N) is 1. The summed E-state index contributed by atoms with van der Waals surface area (Å²) in [5.74, 6) is -1.24. The number of likely N-dealkylation sites (tertiary alicyclic amines) is 2. The summed E-state index contributed by atoms with van der Waals surface area (Å²) in [5.41, 5.74) is 0.301. The summed E-state index contributed by atoms with van der Waals surface area (Å²) in [6.45, 7) is 5.41. The maximum absolute atomic E-state index is 13.8. The molecule has 1 aromatic carbocycles. The average molecular weight is 323 g/mol. The molecule has 2 heterocycles. The van der Waals surface area contributed by atoms with E-state index in [1.807, 2.05) is 0 Å². The predicted molar refractivity (Wildman–Crippen MR) is 84.1 cm³/mol. The molecule has 0 spiro atoms. The summed E-state index contributed by atoms with van der Waals surface area (Å²) in [4.78, 5) is 16.6. The fraction of sp³-hybridized carbons (Fsp3) is 0.588. The van der Waals surface area contributed by atoms with Gasteiger partial charge in [-0.2, -0.15) is 0 Å². The molecule has 3 rings (SSSR count). The Kier molecular flexibility index (Phi) is 4.80. The van der Waals surface area contributed by atoms with Gasteiger partial charge in [0.2, 0.25) is 0 Å². The van der Waals surface area contributed by atoms with Gasteiger partial charge in [0.15, 0.2) is 0 Å². The lowest BCUT2D eigenvalue weighted by molar-refractivity contribution is 0.195. The zero-order valence-corrected chi connectivity index (χ0v) is 13.4. The highest BCUT2D eigenvalue weighted by atomic mass is 19.1. The topological polar surface area (TPSA) is 35.6 Å². The molecule has 2 saturated heterocycles. The van der Waals surface area contributed by atoms with Gasteiger partial charge in [-0.15, -0.1) is 0 Å². The van der Waals surface area contributed by atoms with Crippen molar-refractivity contribution in [2.75, 3.05) is 26.2 Å². The van der Waals surface area contributed by atoms with E-state index in [2.05, 4.69) is 10.2 Å². The number of hydrogen-bond donors (Lipinski definition) is 1. The van der Waals surface area contributed by atoms with Crippen LogP contribution < -0.4 is 5.32 Å². The van der Waals surface area contributed by atoms with Gasteiger partial charge in [-0.05, 0) is 45.3 Å². The third-order valence-corrected chi connectivity index (χ3v) is 4.88. The smallest absolute Gasteiger partial charge is 0.317 e. The lowest BCUT2D eigenvalue weighted by Gasteiger charge is -2.25. The van der Waals surface area contributed by atoms with Crippen molar-refractivity contribution >= 4 is 6.03 Å². The van der Waals surface area contributed by atoms with Gasteiger partial charge in [0, 0.05) is 30.8 Å². The average Bonchev–Trinajstić information content (AvgIpc) is 3.18. The van der Waals surface area contributed by atoms with E-state index in [0.717, 1.165) is 38.7 Å². The first kappa shape index (κ1) is 16.2. The Labute approximate surface area is 135 Å². The van der Waals surface area contributed by atoms with E-state index < -0.39 is 17.7 Å². The Balaban J connectivity index is 1.56. The molecule has 4 nitrogen and oxygen atoms in total. The van der Waals surface area contributed by atoms with Gasteiger partial charge in [-0.1, -0.05) is 6.07 Å². The second-order valence-electron chi connectivity index (χ2n) is 6.47. The van der Waals surface area contributed by atoms with E-state index in [0.29, 0.717) is 11.6 Å². The number of carbonyl (C=O) groups excluding carboxylic acids is 1. The minimum atomic E-state index is -0.630. The van der Waals surface area contributed by atoms with Crippen molar-refractivity contribution in [3.63, 3.8) is 0 Å².